The molecule has 2 heterocycles. The highest BCUT2D eigenvalue weighted by atomic mass is 32.1. The second kappa shape index (κ2) is 5.82. The summed E-state index contributed by atoms with van der Waals surface area (Å²) in [4.78, 5) is 5.54. The van der Waals surface area contributed by atoms with Crippen LogP contribution in [0.3, 0.4) is 0 Å². The third-order valence-corrected chi connectivity index (χ3v) is 4.81. The minimum Gasteiger partial charge on any atom is -0.392 e. The molecule has 1 atom stereocenters. The lowest BCUT2D eigenvalue weighted by Gasteiger charge is -2.43. The number of thiocarbonyl (C=S) groups is 1. The third-order valence-electron chi connectivity index (χ3n) is 4.31. The van der Waals surface area contributed by atoms with Gasteiger partial charge in [-0.3, -0.25) is 4.90 Å². The molecular weight excluding hydrogens is 246 g/mol. The topological polar surface area (TPSA) is 41.7 Å². The monoisotopic (exact) mass is 271 g/mol. The van der Waals surface area contributed by atoms with Gasteiger partial charge in [-0.15, -0.1) is 0 Å². The Labute approximate surface area is 115 Å². The molecule has 104 valence electrons. The first-order chi connectivity index (χ1) is 8.50. The molecule has 2 N–H and O–H groups in total. The molecule has 0 aromatic carbocycles. The normalized spacial score (nSPS) is 27.6. The second-order valence-corrected chi connectivity index (χ2v) is 6.38. The molecule has 4 nitrogen and oxygen atoms in total. The van der Waals surface area contributed by atoms with Gasteiger partial charge in [0.15, 0.2) is 0 Å². The van der Waals surface area contributed by atoms with Crippen molar-refractivity contribution in [2.45, 2.75) is 25.8 Å². The Bertz CT molecular complexity index is 295. The lowest BCUT2D eigenvalue weighted by molar-refractivity contribution is 0.0743. The largest absolute Gasteiger partial charge is 0.392 e. The van der Waals surface area contributed by atoms with Crippen LogP contribution in [0, 0.1) is 5.92 Å². The van der Waals surface area contributed by atoms with Crippen LogP contribution in [0.4, 0.5) is 0 Å². The molecular formula is C13H25N3OS. The van der Waals surface area contributed by atoms with Crippen molar-refractivity contribution in [3.05, 3.63) is 0 Å². The number of nitrogens with zero attached hydrogens (tertiary/aromatic N) is 2. The van der Waals surface area contributed by atoms with Gasteiger partial charge in [0.2, 0.25) is 0 Å². The maximum Gasteiger partial charge on any atom is 0.0928 e. The van der Waals surface area contributed by atoms with Gasteiger partial charge in [-0.2, -0.15) is 0 Å². The summed E-state index contributed by atoms with van der Waals surface area (Å²) in [5, 5.41) is 0. The average Bonchev–Trinajstić information content (AvgIpc) is 2.82. The van der Waals surface area contributed by atoms with Crippen LogP contribution in [0.25, 0.3) is 0 Å². The van der Waals surface area contributed by atoms with Crippen molar-refractivity contribution in [2.75, 3.05) is 45.9 Å². The zero-order valence-electron chi connectivity index (χ0n) is 11.5. The molecule has 0 radical (unpaired) electrons. The van der Waals surface area contributed by atoms with Crippen molar-refractivity contribution in [2.24, 2.45) is 11.7 Å². The summed E-state index contributed by atoms with van der Waals surface area (Å²) >= 11 is 5.16. The highest BCUT2D eigenvalue weighted by Gasteiger charge is 2.32. The zero-order chi connectivity index (χ0) is 13.2. The van der Waals surface area contributed by atoms with Crippen molar-refractivity contribution in [3.63, 3.8) is 0 Å². The van der Waals surface area contributed by atoms with E-state index in [9.17, 15) is 0 Å². The molecule has 2 saturated heterocycles. The van der Waals surface area contributed by atoms with Crippen molar-refractivity contribution in [1.82, 2.24) is 9.80 Å². The standard InChI is InChI=1S/C13H25N3OS/c1-13(2,12(14)18)16-6-4-15(5-7-16)9-11-3-8-17-10-11/h11H,3-10H2,1-2H3,(H2,14,18). The van der Waals surface area contributed by atoms with E-state index in [0.29, 0.717) is 4.99 Å². The lowest BCUT2D eigenvalue weighted by Crippen LogP contribution is -2.59. The summed E-state index contributed by atoms with van der Waals surface area (Å²) in [6.45, 7) is 11.6. The van der Waals surface area contributed by atoms with Crippen molar-refractivity contribution in [1.29, 1.82) is 0 Å². The SMILES string of the molecule is CC(C)(C(N)=S)N1CCN(CC2CCOC2)CC1. The second-order valence-electron chi connectivity index (χ2n) is 5.94. The van der Waals surface area contributed by atoms with Gasteiger partial charge >= 0.3 is 0 Å². The van der Waals surface area contributed by atoms with Crippen LogP contribution in [0.1, 0.15) is 20.3 Å². The van der Waals surface area contributed by atoms with Gasteiger partial charge < -0.3 is 15.4 Å². The predicted molar refractivity (Wildman–Crippen MR) is 77.8 cm³/mol. The Kier molecular flexibility index (Phi) is 4.59. The first kappa shape index (κ1) is 14.2. The lowest BCUT2D eigenvalue weighted by atomic mass is 10.0. The molecule has 0 amide bonds. The van der Waals surface area contributed by atoms with Gasteiger partial charge in [-0.1, -0.05) is 12.2 Å². The quantitative estimate of drug-likeness (QED) is 0.763. The highest BCUT2D eigenvalue weighted by Crippen LogP contribution is 2.19. The van der Waals surface area contributed by atoms with E-state index in [4.69, 9.17) is 22.7 Å². The van der Waals surface area contributed by atoms with E-state index in [1.807, 2.05) is 0 Å². The highest BCUT2D eigenvalue weighted by molar-refractivity contribution is 7.80. The average molecular weight is 271 g/mol. The van der Waals surface area contributed by atoms with Crippen molar-refractivity contribution < 1.29 is 4.74 Å². The summed E-state index contributed by atoms with van der Waals surface area (Å²) in [6.07, 6.45) is 1.22. The van der Waals surface area contributed by atoms with E-state index < -0.39 is 0 Å². The Morgan fingerprint density at radius 1 is 1.33 bits per heavy atom. The molecule has 2 aliphatic heterocycles. The van der Waals surface area contributed by atoms with Crippen LogP contribution in [0.15, 0.2) is 0 Å². The number of piperazine rings is 1. The van der Waals surface area contributed by atoms with Crippen molar-refractivity contribution >= 4 is 17.2 Å². The van der Waals surface area contributed by atoms with Crippen LogP contribution < -0.4 is 5.73 Å². The number of hydrogen-bond acceptors (Lipinski definition) is 4. The van der Waals surface area contributed by atoms with E-state index in [2.05, 4.69) is 23.6 Å². The summed E-state index contributed by atoms with van der Waals surface area (Å²) in [5.41, 5.74) is 5.67. The molecule has 2 rings (SSSR count). The van der Waals surface area contributed by atoms with Gasteiger partial charge in [-0.25, -0.2) is 0 Å². The van der Waals surface area contributed by atoms with Gasteiger partial charge in [0.05, 0.1) is 17.1 Å². The van der Waals surface area contributed by atoms with E-state index in [-0.39, 0.29) is 5.54 Å². The molecule has 5 heteroatoms. The van der Waals surface area contributed by atoms with Crippen LogP contribution in [-0.2, 0) is 4.74 Å². The molecule has 1 unspecified atom stereocenters. The molecule has 0 bridgehead atoms. The molecule has 0 aromatic heterocycles. The Morgan fingerprint density at radius 3 is 2.50 bits per heavy atom. The summed E-state index contributed by atoms with van der Waals surface area (Å²) < 4.78 is 5.43. The fourth-order valence-electron chi connectivity index (χ4n) is 2.74. The molecule has 2 fully saturated rings. The maximum atomic E-state index is 5.83. The van der Waals surface area contributed by atoms with E-state index >= 15 is 0 Å². The Morgan fingerprint density at radius 2 is 2.00 bits per heavy atom. The van der Waals surface area contributed by atoms with Gasteiger partial charge in [-0.05, 0) is 26.2 Å². The van der Waals surface area contributed by atoms with Crippen LogP contribution in [-0.4, -0.2) is 66.3 Å². The van der Waals surface area contributed by atoms with Gasteiger partial charge in [0.1, 0.15) is 0 Å². The van der Waals surface area contributed by atoms with Crippen LogP contribution in [0.5, 0.6) is 0 Å². The third kappa shape index (κ3) is 3.20. The summed E-state index contributed by atoms with van der Waals surface area (Å²) in [6, 6.07) is 0. The van der Waals surface area contributed by atoms with E-state index in [1.54, 1.807) is 0 Å². The summed E-state index contributed by atoms with van der Waals surface area (Å²) in [5.74, 6) is 0.736. The minimum atomic E-state index is -0.155. The molecule has 0 aliphatic carbocycles. The molecule has 0 aromatic rings. The molecule has 0 spiro atoms. The fourth-order valence-corrected chi connectivity index (χ4v) is 2.87. The van der Waals surface area contributed by atoms with Crippen LogP contribution >= 0.6 is 12.2 Å². The zero-order valence-corrected chi connectivity index (χ0v) is 12.3. The minimum absolute atomic E-state index is 0.155. The first-order valence-corrected chi connectivity index (χ1v) is 7.26. The fraction of sp³-hybridized carbons (Fsp3) is 0.923. The number of nitrogens with two attached hydrogens (primary N) is 1. The van der Waals surface area contributed by atoms with Crippen LogP contribution in [0.2, 0.25) is 0 Å². The maximum absolute atomic E-state index is 5.83. The Balaban J connectivity index is 1.78. The van der Waals surface area contributed by atoms with Crippen molar-refractivity contribution in [3.8, 4) is 0 Å². The smallest absolute Gasteiger partial charge is 0.0928 e. The van der Waals surface area contributed by atoms with E-state index in [1.165, 1.54) is 13.0 Å². The predicted octanol–water partition coefficient (Wildman–Crippen LogP) is 0.705. The Hall–Kier alpha value is -0.230. The number of ether oxygens (including phenoxy) is 1. The molecule has 0 saturated carbocycles. The molecule has 18 heavy (non-hydrogen) atoms. The first-order valence-electron chi connectivity index (χ1n) is 6.85. The van der Waals surface area contributed by atoms with E-state index in [0.717, 1.165) is 45.3 Å². The van der Waals surface area contributed by atoms with Gasteiger partial charge in [0.25, 0.3) is 0 Å². The summed E-state index contributed by atoms with van der Waals surface area (Å²) in [7, 11) is 0. The van der Waals surface area contributed by atoms with Gasteiger partial charge in [0, 0.05) is 39.3 Å². The molecule has 2 aliphatic rings. The number of rotatable bonds is 4. The number of hydrogen-bond donors (Lipinski definition) is 1.